The van der Waals surface area contributed by atoms with E-state index >= 15 is 0 Å². The van der Waals surface area contributed by atoms with E-state index in [2.05, 4.69) is 46.9 Å². The number of aromatic nitrogens is 2. The van der Waals surface area contributed by atoms with Gasteiger partial charge in [0.2, 0.25) is 0 Å². The molecule has 4 heteroatoms. The Balaban J connectivity index is 1.93. The highest BCUT2D eigenvalue weighted by Gasteiger charge is 2.30. The minimum atomic E-state index is 0.0661. The number of imidazole rings is 1. The normalized spacial score (nSPS) is 21.3. The van der Waals surface area contributed by atoms with Gasteiger partial charge in [0.15, 0.2) is 0 Å². The van der Waals surface area contributed by atoms with Gasteiger partial charge < -0.3 is 14.6 Å². The fraction of sp³-hybridized carbons (Fsp3) is 0.438. The molecule has 0 aliphatic carbocycles. The van der Waals surface area contributed by atoms with E-state index in [0.29, 0.717) is 6.04 Å². The highest BCUT2D eigenvalue weighted by molar-refractivity contribution is 5.38. The van der Waals surface area contributed by atoms with E-state index in [9.17, 15) is 0 Å². The molecular formula is C16H21N3O. The van der Waals surface area contributed by atoms with Crippen molar-refractivity contribution in [1.29, 1.82) is 0 Å². The number of aryl methyl sites for hydroxylation is 1. The average Bonchev–Trinajstić information content (AvgIpc) is 2.96. The zero-order chi connectivity index (χ0) is 13.9. The Kier molecular flexibility index (Phi) is 3.74. The second kappa shape index (κ2) is 5.67. The molecule has 0 saturated heterocycles. The van der Waals surface area contributed by atoms with Gasteiger partial charge in [-0.2, -0.15) is 0 Å². The maximum Gasteiger partial charge on any atom is 0.142 e. The zero-order valence-electron chi connectivity index (χ0n) is 12.0. The van der Waals surface area contributed by atoms with Gasteiger partial charge in [0, 0.05) is 24.6 Å². The molecule has 2 unspecified atom stereocenters. The molecule has 2 heterocycles. The molecular weight excluding hydrogens is 250 g/mol. The molecule has 20 heavy (non-hydrogen) atoms. The summed E-state index contributed by atoms with van der Waals surface area (Å²) in [5.74, 6) is 0.985. The number of hydrogen-bond donors (Lipinski definition) is 1. The first-order valence-electron chi connectivity index (χ1n) is 7.32. The van der Waals surface area contributed by atoms with E-state index in [1.807, 2.05) is 18.6 Å². The number of nitrogens with zero attached hydrogens (tertiary/aromatic N) is 2. The smallest absolute Gasteiger partial charge is 0.142 e. The molecule has 0 spiro atoms. The minimum Gasteiger partial charge on any atom is -0.484 e. The lowest BCUT2D eigenvalue weighted by Gasteiger charge is -2.33. The van der Waals surface area contributed by atoms with E-state index < -0.39 is 0 Å². The molecule has 0 fully saturated rings. The van der Waals surface area contributed by atoms with Gasteiger partial charge in [0.25, 0.3) is 0 Å². The first kappa shape index (κ1) is 13.2. The molecule has 4 nitrogen and oxygen atoms in total. The summed E-state index contributed by atoms with van der Waals surface area (Å²) in [7, 11) is 0. The third kappa shape index (κ3) is 2.31. The molecule has 2 aromatic rings. The summed E-state index contributed by atoms with van der Waals surface area (Å²) >= 11 is 0. The predicted molar refractivity (Wildman–Crippen MR) is 78.7 cm³/mol. The van der Waals surface area contributed by atoms with Crippen molar-refractivity contribution >= 4 is 0 Å². The Morgan fingerprint density at radius 1 is 1.35 bits per heavy atom. The Hall–Kier alpha value is -1.81. The van der Waals surface area contributed by atoms with Crippen molar-refractivity contribution in [2.24, 2.45) is 0 Å². The van der Waals surface area contributed by atoms with Crippen LogP contribution < -0.4 is 10.1 Å². The van der Waals surface area contributed by atoms with Gasteiger partial charge in [-0.05, 0) is 19.5 Å². The van der Waals surface area contributed by atoms with E-state index in [1.165, 1.54) is 5.56 Å². The van der Waals surface area contributed by atoms with E-state index in [-0.39, 0.29) is 6.10 Å². The van der Waals surface area contributed by atoms with E-state index in [4.69, 9.17) is 4.74 Å². The highest BCUT2D eigenvalue weighted by Crippen LogP contribution is 2.40. The number of para-hydroxylation sites is 1. The summed E-state index contributed by atoms with van der Waals surface area (Å²) in [6, 6.07) is 8.65. The van der Waals surface area contributed by atoms with Gasteiger partial charge in [-0.15, -0.1) is 0 Å². The lowest BCUT2D eigenvalue weighted by molar-refractivity contribution is 0.144. The van der Waals surface area contributed by atoms with Gasteiger partial charge in [-0.1, -0.05) is 25.1 Å². The molecule has 1 aliphatic heterocycles. The predicted octanol–water partition coefficient (Wildman–Crippen LogP) is 3.08. The Labute approximate surface area is 119 Å². The second-order valence-corrected chi connectivity index (χ2v) is 5.09. The van der Waals surface area contributed by atoms with Gasteiger partial charge in [0.05, 0.1) is 18.2 Å². The van der Waals surface area contributed by atoms with E-state index in [1.54, 1.807) is 0 Å². The fourth-order valence-electron chi connectivity index (χ4n) is 2.90. The largest absolute Gasteiger partial charge is 0.484 e. The van der Waals surface area contributed by atoms with Crippen LogP contribution in [-0.2, 0) is 6.54 Å². The van der Waals surface area contributed by atoms with Crippen molar-refractivity contribution in [2.45, 2.75) is 39.0 Å². The van der Waals surface area contributed by atoms with Crippen LogP contribution in [0.3, 0.4) is 0 Å². The zero-order valence-corrected chi connectivity index (χ0v) is 12.0. The summed E-state index contributed by atoms with van der Waals surface area (Å²) in [5, 5.41) is 3.56. The van der Waals surface area contributed by atoms with Crippen LogP contribution in [0.25, 0.3) is 0 Å². The van der Waals surface area contributed by atoms with Crippen molar-refractivity contribution < 1.29 is 4.74 Å². The number of hydrogen-bond acceptors (Lipinski definition) is 3. The van der Waals surface area contributed by atoms with Crippen LogP contribution in [0.5, 0.6) is 5.75 Å². The van der Waals surface area contributed by atoms with Gasteiger partial charge in [0.1, 0.15) is 11.9 Å². The topological polar surface area (TPSA) is 39.1 Å². The Morgan fingerprint density at radius 2 is 2.20 bits per heavy atom. The molecule has 1 N–H and O–H groups in total. The SMILES string of the molecule is CCNC1CC(c2cncn2CC)Oc2ccccc21. The van der Waals surface area contributed by atoms with Crippen molar-refractivity contribution in [3.63, 3.8) is 0 Å². The van der Waals surface area contributed by atoms with Crippen molar-refractivity contribution in [3.8, 4) is 5.75 Å². The maximum absolute atomic E-state index is 6.19. The molecule has 1 aromatic heterocycles. The summed E-state index contributed by atoms with van der Waals surface area (Å²) in [6.45, 7) is 6.15. The van der Waals surface area contributed by atoms with Crippen LogP contribution in [0.15, 0.2) is 36.8 Å². The monoisotopic (exact) mass is 271 g/mol. The number of benzene rings is 1. The lowest BCUT2D eigenvalue weighted by Crippen LogP contribution is -2.29. The first-order valence-corrected chi connectivity index (χ1v) is 7.32. The quantitative estimate of drug-likeness (QED) is 0.929. The second-order valence-electron chi connectivity index (χ2n) is 5.09. The van der Waals surface area contributed by atoms with Crippen LogP contribution in [0.2, 0.25) is 0 Å². The molecule has 0 radical (unpaired) electrons. The van der Waals surface area contributed by atoms with Crippen LogP contribution in [-0.4, -0.2) is 16.1 Å². The number of ether oxygens (including phenoxy) is 1. The average molecular weight is 271 g/mol. The molecule has 0 bridgehead atoms. The maximum atomic E-state index is 6.19. The van der Waals surface area contributed by atoms with Crippen molar-refractivity contribution in [3.05, 3.63) is 48.0 Å². The van der Waals surface area contributed by atoms with Crippen LogP contribution >= 0.6 is 0 Å². The lowest BCUT2D eigenvalue weighted by atomic mass is 9.95. The van der Waals surface area contributed by atoms with Crippen molar-refractivity contribution in [2.75, 3.05) is 6.54 Å². The molecule has 0 saturated carbocycles. The van der Waals surface area contributed by atoms with Crippen molar-refractivity contribution in [1.82, 2.24) is 14.9 Å². The number of nitrogens with one attached hydrogen (secondary N) is 1. The molecule has 2 atom stereocenters. The van der Waals surface area contributed by atoms with Crippen LogP contribution in [0, 0.1) is 0 Å². The standard InChI is InChI=1S/C16H21N3O/c1-3-18-13-9-16(14-10-17-11-19(14)4-2)20-15-8-6-5-7-12(13)15/h5-8,10-11,13,16,18H,3-4,9H2,1-2H3. The Bertz CT molecular complexity index is 579. The van der Waals surface area contributed by atoms with Crippen LogP contribution in [0.4, 0.5) is 0 Å². The molecule has 106 valence electrons. The molecule has 3 rings (SSSR count). The van der Waals surface area contributed by atoms with Gasteiger partial charge >= 0.3 is 0 Å². The third-order valence-corrected chi connectivity index (χ3v) is 3.88. The highest BCUT2D eigenvalue weighted by atomic mass is 16.5. The van der Waals surface area contributed by atoms with Crippen LogP contribution in [0.1, 0.15) is 43.7 Å². The third-order valence-electron chi connectivity index (χ3n) is 3.88. The first-order chi connectivity index (χ1) is 9.83. The number of fused-ring (bicyclic) bond motifs is 1. The summed E-state index contributed by atoms with van der Waals surface area (Å²) in [5.41, 5.74) is 2.41. The van der Waals surface area contributed by atoms with Gasteiger partial charge in [-0.3, -0.25) is 0 Å². The fourth-order valence-corrected chi connectivity index (χ4v) is 2.90. The summed E-state index contributed by atoms with van der Waals surface area (Å²) in [4.78, 5) is 4.26. The Morgan fingerprint density at radius 3 is 3.00 bits per heavy atom. The summed E-state index contributed by atoms with van der Waals surface area (Å²) < 4.78 is 8.35. The molecule has 1 aliphatic rings. The van der Waals surface area contributed by atoms with Gasteiger partial charge in [-0.25, -0.2) is 4.98 Å². The molecule has 0 amide bonds. The summed E-state index contributed by atoms with van der Waals surface area (Å²) in [6.07, 6.45) is 4.81. The number of rotatable bonds is 4. The molecule has 1 aromatic carbocycles. The van der Waals surface area contributed by atoms with E-state index in [0.717, 1.165) is 31.0 Å². The minimum absolute atomic E-state index is 0.0661.